The maximum Gasteiger partial charge on any atom is 0.242 e. The van der Waals surface area contributed by atoms with Crippen LogP contribution in [0.5, 0.6) is 0 Å². The zero-order valence-corrected chi connectivity index (χ0v) is 14.5. The summed E-state index contributed by atoms with van der Waals surface area (Å²) in [5.74, 6) is 0.398. The van der Waals surface area contributed by atoms with Gasteiger partial charge >= 0.3 is 0 Å². The number of aromatic nitrogens is 2. The average molecular weight is 328 g/mol. The van der Waals surface area contributed by atoms with Crippen molar-refractivity contribution in [1.29, 1.82) is 0 Å². The second kappa shape index (κ2) is 6.63. The number of nitrogens with zero attached hydrogens (tertiary/aromatic N) is 4. The minimum Gasteiger partial charge on any atom is -0.347 e. The quantitative estimate of drug-likeness (QED) is 0.864. The van der Waals surface area contributed by atoms with Gasteiger partial charge in [0.15, 0.2) is 0 Å². The van der Waals surface area contributed by atoms with E-state index < -0.39 is 0 Å². The Morgan fingerprint density at radius 1 is 1.38 bits per heavy atom. The molecule has 128 valence electrons. The molecule has 2 amide bonds. The Morgan fingerprint density at radius 3 is 2.88 bits per heavy atom. The molecule has 0 aromatic carbocycles. The van der Waals surface area contributed by atoms with Crippen molar-refractivity contribution in [3.8, 4) is 0 Å². The van der Waals surface area contributed by atoms with Crippen molar-refractivity contribution in [1.82, 2.24) is 19.4 Å². The van der Waals surface area contributed by atoms with E-state index in [4.69, 9.17) is 0 Å². The second-order valence-electron chi connectivity index (χ2n) is 6.66. The number of piperidine rings is 1. The predicted molar refractivity (Wildman–Crippen MR) is 92.7 cm³/mol. The number of likely N-dealkylation sites (tertiary alicyclic amines) is 1. The summed E-state index contributed by atoms with van der Waals surface area (Å²) in [5.41, 5.74) is 1.94. The Bertz CT molecular complexity index is 765. The number of carbonyl (C=O) groups is 2. The van der Waals surface area contributed by atoms with Gasteiger partial charge in [-0.25, -0.2) is 4.98 Å². The highest BCUT2D eigenvalue weighted by atomic mass is 16.2. The smallest absolute Gasteiger partial charge is 0.242 e. The Labute approximate surface area is 142 Å². The molecular weight excluding hydrogens is 304 g/mol. The van der Waals surface area contributed by atoms with Crippen molar-refractivity contribution >= 4 is 22.8 Å². The number of likely N-dealkylation sites (N-methyl/N-ethyl adjacent to an activating group) is 1. The molecule has 1 aliphatic heterocycles. The van der Waals surface area contributed by atoms with Crippen molar-refractivity contribution < 1.29 is 9.59 Å². The SMILES string of the molecule is CC(=O)N1CCCC(c2cc3cccnc3n2CC(=O)N(C)C)C1. The van der Waals surface area contributed by atoms with Gasteiger partial charge in [-0.05, 0) is 31.0 Å². The number of rotatable bonds is 3. The first-order chi connectivity index (χ1) is 11.5. The van der Waals surface area contributed by atoms with Crippen LogP contribution < -0.4 is 0 Å². The summed E-state index contributed by atoms with van der Waals surface area (Å²) in [6.07, 6.45) is 3.77. The van der Waals surface area contributed by atoms with E-state index in [1.54, 1.807) is 32.1 Å². The molecule has 0 radical (unpaired) electrons. The zero-order valence-electron chi connectivity index (χ0n) is 14.5. The first-order valence-corrected chi connectivity index (χ1v) is 8.37. The van der Waals surface area contributed by atoms with E-state index in [2.05, 4.69) is 11.1 Å². The highest BCUT2D eigenvalue weighted by Gasteiger charge is 2.27. The molecule has 0 N–H and O–H groups in total. The lowest BCUT2D eigenvalue weighted by atomic mass is 9.94. The van der Waals surface area contributed by atoms with Crippen molar-refractivity contribution in [2.75, 3.05) is 27.2 Å². The number of hydrogen-bond acceptors (Lipinski definition) is 3. The summed E-state index contributed by atoms with van der Waals surface area (Å²) in [7, 11) is 3.53. The number of fused-ring (bicyclic) bond motifs is 1. The number of hydrogen-bond donors (Lipinski definition) is 0. The fourth-order valence-corrected chi connectivity index (χ4v) is 3.39. The van der Waals surface area contributed by atoms with Gasteiger partial charge in [0.1, 0.15) is 12.2 Å². The first-order valence-electron chi connectivity index (χ1n) is 8.37. The minimum absolute atomic E-state index is 0.0404. The summed E-state index contributed by atoms with van der Waals surface area (Å²) in [4.78, 5) is 32.0. The third-order valence-electron chi connectivity index (χ3n) is 4.76. The standard InChI is InChI=1S/C18H24N4O2/c1-13(23)21-9-5-7-15(11-21)16-10-14-6-4-8-19-18(14)22(16)12-17(24)20(2)3/h4,6,8,10,15H,5,7,9,11-12H2,1-3H3. The molecule has 1 atom stereocenters. The molecule has 24 heavy (non-hydrogen) atoms. The fraction of sp³-hybridized carbons (Fsp3) is 0.500. The van der Waals surface area contributed by atoms with Crippen LogP contribution in [0.15, 0.2) is 24.4 Å². The van der Waals surface area contributed by atoms with Crippen LogP contribution in [0.25, 0.3) is 11.0 Å². The lowest BCUT2D eigenvalue weighted by Crippen LogP contribution is -2.38. The Morgan fingerprint density at radius 2 is 2.17 bits per heavy atom. The number of carbonyl (C=O) groups excluding carboxylic acids is 2. The molecule has 0 bridgehead atoms. The Balaban J connectivity index is 2.00. The fourth-order valence-electron chi connectivity index (χ4n) is 3.39. The molecule has 0 aliphatic carbocycles. The maximum atomic E-state index is 12.3. The summed E-state index contributed by atoms with van der Waals surface area (Å²) < 4.78 is 2.02. The molecule has 1 saturated heterocycles. The molecule has 3 rings (SSSR count). The topological polar surface area (TPSA) is 58.4 Å². The highest BCUT2D eigenvalue weighted by Crippen LogP contribution is 2.31. The summed E-state index contributed by atoms with van der Waals surface area (Å²) >= 11 is 0. The van der Waals surface area contributed by atoms with Crippen LogP contribution in [-0.4, -0.2) is 58.4 Å². The monoisotopic (exact) mass is 328 g/mol. The van der Waals surface area contributed by atoms with Crippen LogP contribution in [0.4, 0.5) is 0 Å². The third kappa shape index (κ3) is 3.13. The normalized spacial score (nSPS) is 18.0. The zero-order chi connectivity index (χ0) is 17.3. The Kier molecular flexibility index (Phi) is 4.55. The lowest BCUT2D eigenvalue weighted by Gasteiger charge is -2.32. The van der Waals surface area contributed by atoms with Crippen LogP contribution in [0.1, 0.15) is 31.4 Å². The van der Waals surface area contributed by atoms with Gasteiger partial charge in [-0.1, -0.05) is 0 Å². The van der Waals surface area contributed by atoms with Crippen LogP contribution in [-0.2, 0) is 16.1 Å². The molecule has 1 fully saturated rings. The van der Waals surface area contributed by atoms with E-state index in [1.807, 2.05) is 21.6 Å². The molecule has 2 aromatic heterocycles. The molecule has 3 heterocycles. The molecule has 6 heteroatoms. The van der Waals surface area contributed by atoms with Gasteiger partial charge in [-0.3, -0.25) is 9.59 Å². The lowest BCUT2D eigenvalue weighted by molar-refractivity contribution is -0.130. The number of pyridine rings is 1. The van der Waals surface area contributed by atoms with Gasteiger partial charge in [0.2, 0.25) is 11.8 Å². The van der Waals surface area contributed by atoms with Crippen LogP contribution >= 0.6 is 0 Å². The second-order valence-corrected chi connectivity index (χ2v) is 6.66. The van der Waals surface area contributed by atoms with Crippen molar-refractivity contribution in [2.45, 2.75) is 32.2 Å². The van der Waals surface area contributed by atoms with E-state index >= 15 is 0 Å². The minimum atomic E-state index is 0.0404. The van der Waals surface area contributed by atoms with Gasteiger partial charge in [-0.15, -0.1) is 0 Å². The number of amides is 2. The van der Waals surface area contributed by atoms with E-state index in [0.717, 1.165) is 36.1 Å². The summed E-state index contributed by atoms with van der Waals surface area (Å²) in [5, 5.41) is 1.04. The Hall–Kier alpha value is -2.37. The van der Waals surface area contributed by atoms with Crippen LogP contribution in [0, 0.1) is 0 Å². The average Bonchev–Trinajstić information content (AvgIpc) is 2.93. The van der Waals surface area contributed by atoms with Crippen molar-refractivity contribution in [3.05, 3.63) is 30.1 Å². The van der Waals surface area contributed by atoms with Gasteiger partial charge in [0, 0.05) is 57.3 Å². The first kappa shape index (κ1) is 16.5. The van der Waals surface area contributed by atoms with E-state index in [1.165, 1.54) is 0 Å². The summed E-state index contributed by atoms with van der Waals surface area (Å²) in [6, 6.07) is 6.06. The van der Waals surface area contributed by atoms with Gasteiger partial charge < -0.3 is 14.4 Å². The van der Waals surface area contributed by atoms with Crippen molar-refractivity contribution in [2.24, 2.45) is 0 Å². The predicted octanol–water partition coefficient (Wildman–Crippen LogP) is 1.85. The van der Waals surface area contributed by atoms with E-state index in [9.17, 15) is 9.59 Å². The highest BCUT2D eigenvalue weighted by molar-refractivity contribution is 5.82. The van der Waals surface area contributed by atoms with Gasteiger partial charge in [-0.2, -0.15) is 0 Å². The molecule has 6 nitrogen and oxygen atoms in total. The third-order valence-corrected chi connectivity index (χ3v) is 4.76. The van der Waals surface area contributed by atoms with Gasteiger partial charge in [0.25, 0.3) is 0 Å². The molecule has 1 aliphatic rings. The molecule has 0 saturated carbocycles. The van der Waals surface area contributed by atoms with Crippen LogP contribution in [0.2, 0.25) is 0 Å². The van der Waals surface area contributed by atoms with E-state index in [0.29, 0.717) is 6.54 Å². The summed E-state index contributed by atoms with van der Waals surface area (Å²) in [6.45, 7) is 3.43. The van der Waals surface area contributed by atoms with E-state index in [-0.39, 0.29) is 24.3 Å². The molecule has 1 unspecified atom stereocenters. The van der Waals surface area contributed by atoms with Crippen molar-refractivity contribution in [3.63, 3.8) is 0 Å². The van der Waals surface area contributed by atoms with Gasteiger partial charge in [0.05, 0.1) is 0 Å². The molecular formula is C18H24N4O2. The maximum absolute atomic E-state index is 12.3. The largest absolute Gasteiger partial charge is 0.347 e. The molecule has 0 spiro atoms. The molecule has 2 aromatic rings. The van der Waals surface area contributed by atoms with Crippen LogP contribution in [0.3, 0.4) is 0 Å².